The number of nitrogens with zero attached hydrogens (tertiary/aromatic N) is 1. The average Bonchev–Trinajstić information content (AvgIpc) is 2.84. The van der Waals surface area contributed by atoms with Gasteiger partial charge in [-0.25, -0.2) is 4.79 Å². The van der Waals surface area contributed by atoms with Crippen molar-refractivity contribution < 1.29 is 14.3 Å². The Balaban J connectivity index is 1.79. The third kappa shape index (κ3) is 7.15. The van der Waals surface area contributed by atoms with Crippen molar-refractivity contribution in [1.82, 2.24) is 14.9 Å². The zero-order chi connectivity index (χ0) is 25.2. The van der Waals surface area contributed by atoms with Crippen LogP contribution < -0.4 is 27.2 Å². The van der Waals surface area contributed by atoms with Gasteiger partial charge in [0.2, 0.25) is 5.91 Å². The van der Waals surface area contributed by atoms with Crippen molar-refractivity contribution in [3.05, 3.63) is 92.6 Å². The van der Waals surface area contributed by atoms with Crippen molar-refractivity contribution in [2.75, 3.05) is 24.4 Å². The molecule has 0 saturated carbocycles. The van der Waals surface area contributed by atoms with Gasteiger partial charge in [0.15, 0.2) is 0 Å². The maximum Gasteiger partial charge on any atom is 0.330 e. The number of benzene rings is 2. The van der Waals surface area contributed by atoms with Crippen LogP contribution in [0.5, 0.6) is 0 Å². The highest BCUT2D eigenvalue weighted by Gasteiger charge is 2.19. The Morgan fingerprint density at radius 1 is 1.03 bits per heavy atom. The molecule has 0 aliphatic rings. The molecule has 0 fully saturated rings. The lowest BCUT2D eigenvalue weighted by Crippen LogP contribution is -2.38. The van der Waals surface area contributed by atoms with E-state index in [0.29, 0.717) is 12.1 Å². The number of hydrogen-bond donors (Lipinski definition) is 4. The van der Waals surface area contributed by atoms with Crippen LogP contribution in [0, 0.1) is 0 Å². The number of carbonyl (C=O) groups excluding carboxylic acids is 2. The second-order valence-electron chi connectivity index (χ2n) is 7.96. The molecule has 10 heteroatoms. The minimum atomic E-state index is -0.668. The Hall–Kier alpha value is -4.18. The lowest BCUT2D eigenvalue weighted by Gasteiger charge is -2.19. The summed E-state index contributed by atoms with van der Waals surface area (Å²) in [7, 11) is 1.49. The standard InChI is InChI=1S/C25H29N5O5/c1-17(27-23(32)19-11-7-4-8-12-19)15-20(31)28-22-21(26-16-18-9-5-3-6-10-18)24(33)29-25(34)30(22)13-14-35-2/h3-12,17,26H,13-16H2,1-2H3,(H,27,32)(H,28,31)(H,29,33,34). The van der Waals surface area contributed by atoms with Crippen LogP contribution in [0.1, 0.15) is 29.3 Å². The molecule has 0 aliphatic heterocycles. The summed E-state index contributed by atoms with van der Waals surface area (Å²) in [6.45, 7) is 2.31. The molecule has 0 spiro atoms. The minimum Gasteiger partial charge on any atom is -0.383 e. The van der Waals surface area contributed by atoms with Crippen LogP contribution >= 0.6 is 0 Å². The topological polar surface area (TPSA) is 134 Å². The lowest BCUT2D eigenvalue weighted by atomic mass is 10.1. The number of amides is 2. The molecular weight excluding hydrogens is 450 g/mol. The van der Waals surface area contributed by atoms with Crippen molar-refractivity contribution in [3.63, 3.8) is 0 Å². The molecule has 0 saturated heterocycles. The molecule has 2 amide bonds. The smallest absolute Gasteiger partial charge is 0.330 e. The highest BCUT2D eigenvalue weighted by molar-refractivity contribution is 5.96. The molecule has 35 heavy (non-hydrogen) atoms. The SMILES string of the molecule is COCCn1c(NC(=O)CC(C)NC(=O)c2ccccc2)c(NCc2ccccc2)c(=O)[nH]c1=O. The molecule has 1 aromatic heterocycles. The molecule has 1 unspecified atom stereocenters. The fraction of sp³-hybridized carbons (Fsp3) is 0.280. The van der Waals surface area contributed by atoms with Gasteiger partial charge in [0, 0.05) is 31.7 Å². The number of hydrogen-bond acceptors (Lipinski definition) is 6. The molecule has 1 atom stereocenters. The Bertz CT molecular complexity index is 1250. The van der Waals surface area contributed by atoms with E-state index < -0.39 is 23.2 Å². The number of rotatable bonds is 11. The van der Waals surface area contributed by atoms with Crippen molar-refractivity contribution in [2.24, 2.45) is 0 Å². The number of H-pyrrole nitrogens is 1. The molecule has 4 N–H and O–H groups in total. The van der Waals surface area contributed by atoms with Crippen molar-refractivity contribution >= 4 is 23.3 Å². The quantitative estimate of drug-likeness (QED) is 0.332. The van der Waals surface area contributed by atoms with Gasteiger partial charge in [-0.1, -0.05) is 48.5 Å². The maximum atomic E-state index is 12.9. The van der Waals surface area contributed by atoms with Crippen molar-refractivity contribution in [2.45, 2.75) is 32.5 Å². The second-order valence-corrected chi connectivity index (χ2v) is 7.96. The van der Waals surface area contributed by atoms with Crippen molar-refractivity contribution in [3.8, 4) is 0 Å². The minimum absolute atomic E-state index is 0.0401. The Labute approximate surface area is 202 Å². The zero-order valence-corrected chi connectivity index (χ0v) is 19.7. The van der Waals surface area contributed by atoms with E-state index in [1.54, 1.807) is 31.2 Å². The van der Waals surface area contributed by atoms with Gasteiger partial charge in [-0.05, 0) is 24.6 Å². The predicted octanol–water partition coefficient (Wildman–Crippen LogP) is 1.94. The first-order valence-corrected chi connectivity index (χ1v) is 11.2. The summed E-state index contributed by atoms with van der Waals surface area (Å²) in [5.74, 6) is -0.729. The van der Waals surface area contributed by atoms with Gasteiger partial charge in [0.1, 0.15) is 11.5 Å². The summed E-state index contributed by atoms with van der Waals surface area (Å²) in [5, 5.41) is 8.48. The Morgan fingerprint density at radius 3 is 2.34 bits per heavy atom. The highest BCUT2D eigenvalue weighted by atomic mass is 16.5. The third-order valence-electron chi connectivity index (χ3n) is 5.19. The first kappa shape index (κ1) is 25.4. The van der Waals surface area contributed by atoms with E-state index in [4.69, 9.17) is 4.74 Å². The van der Waals surface area contributed by atoms with E-state index in [-0.39, 0.29) is 37.0 Å². The van der Waals surface area contributed by atoms with Crippen LogP contribution in [0.4, 0.5) is 11.5 Å². The molecule has 2 aromatic carbocycles. The summed E-state index contributed by atoms with van der Waals surface area (Å²) in [6.07, 6.45) is -0.0675. The Kier molecular flexibility index (Phi) is 8.96. The van der Waals surface area contributed by atoms with Gasteiger partial charge in [-0.3, -0.25) is 23.9 Å². The predicted molar refractivity (Wildman–Crippen MR) is 134 cm³/mol. The van der Waals surface area contributed by atoms with Gasteiger partial charge in [0.05, 0.1) is 13.2 Å². The molecule has 0 radical (unpaired) electrons. The summed E-state index contributed by atoms with van der Waals surface area (Å²) in [4.78, 5) is 52.7. The Morgan fingerprint density at radius 2 is 1.69 bits per heavy atom. The van der Waals surface area contributed by atoms with Crippen LogP contribution in [-0.2, 0) is 22.6 Å². The maximum absolute atomic E-state index is 12.9. The fourth-order valence-electron chi connectivity index (χ4n) is 3.46. The van der Waals surface area contributed by atoms with Crippen molar-refractivity contribution in [1.29, 1.82) is 0 Å². The summed E-state index contributed by atoms with van der Waals surface area (Å²) in [6, 6.07) is 17.6. The van der Waals surface area contributed by atoms with Gasteiger partial charge >= 0.3 is 5.69 Å². The second kappa shape index (κ2) is 12.3. The number of nitrogens with one attached hydrogen (secondary N) is 4. The number of anilines is 2. The van der Waals surface area contributed by atoms with E-state index in [9.17, 15) is 19.2 Å². The number of carbonyl (C=O) groups is 2. The summed E-state index contributed by atoms with van der Waals surface area (Å²) < 4.78 is 6.32. The van der Waals surface area contributed by atoms with Gasteiger partial charge in [0.25, 0.3) is 11.5 Å². The summed E-state index contributed by atoms with van der Waals surface area (Å²) in [5.41, 5.74) is 0.128. The summed E-state index contributed by atoms with van der Waals surface area (Å²) >= 11 is 0. The normalized spacial score (nSPS) is 11.5. The number of ether oxygens (including phenoxy) is 1. The fourth-order valence-corrected chi connectivity index (χ4v) is 3.46. The highest BCUT2D eigenvalue weighted by Crippen LogP contribution is 2.17. The molecule has 10 nitrogen and oxygen atoms in total. The first-order valence-electron chi connectivity index (χ1n) is 11.2. The average molecular weight is 480 g/mol. The molecule has 3 rings (SSSR count). The van der Waals surface area contributed by atoms with Crippen LogP contribution in [0.25, 0.3) is 0 Å². The van der Waals surface area contributed by atoms with Crippen LogP contribution in [0.15, 0.2) is 70.3 Å². The van der Waals surface area contributed by atoms with Crippen LogP contribution in [0.2, 0.25) is 0 Å². The number of aromatic nitrogens is 2. The zero-order valence-electron chi connectivity index (χ0n) is 19.7. The third-order valence-corrected chi connectivity index (χ3v) is 5.19. The molecule has 184 valence electrons. The van der Waals surface area contributed by atoms with Gasteiger partial charge in [-0.2, -0.15) is 0 Å². The molecule has 1 heterocycles. The molecule has 0 aliphatic carbocycles. The largest absolute Gasteiger partial charge is 0.383 e. The van der Waals surface area contributed by atoms with Gasteiger partial charge in [-0.15, -0.1) is 0 Å². The van der Waals surface area contributed by atoms with Crippen LogP contribution in [0.3, 0.4) is 0 Å². The first-order chi connectivity index (χ1) is 16.9. The number of methoxy groups -OCH3 is 1. The number of aromatic amines is 1. The van der Waals surface area contributed by atoms with Crippen LogP contribution in [-0.4, -0.2) is 41.1 Å². The van der Waals surface area contributed by atoms with E-state index in [0.717, 1.165) is 5.56 Å². The molecular formula is C25H29N5O5. The lowest BCUT2D eigenvalue weighted by molar-refractivity contribution is -0.116. The van der Waals surface area contributed by atoms with Gasteiger partial charge < -0.3 is 20.7 Å². The van der Waals surface area contributed by atoms with E-state index in [1.165, 1.54) is 11.7 Å². The monoisotopic (exact) mass is 479 g/mol. The molecule has 0 bridgehead atoms. The molecule has 3 aromatic rings. The van der Waals surface area contributed by atoms with E-state index in [1.807, 2.05) is 36.4 Å². The van der Waals surface area contributed by atoms with E-state index >= 15 is 0 Å². The van der Waals surface area contributed by atoms with E-state index in [2.05, 4.69) is 20.9 Å².